The highest BCUT2D eigenvalue weighted by atomic mass is 16.1. The predicted octanol–water partition coefficient (Wildman–Crippen LogP) is 2.35. The number of benzene rings is 1. The van der Waals surface area contributed by atoms with Gasteiger partial charge in [-0.25, -0.2) is 0 Å². The molecule has 0 spiro atoms. The Morgan fingerprint density at radius 1 is 1.57 bits per heavy atom. The van der Waals surface area contributed by atoms with Gasteiger partial charge in [0.05, 0.1) is 0 Å². The van der Waals surface area contributed by atoms with Crippen LogP contribution in [0.2, 0.25) is 0 Å². The Balaban J connectivity index is 2.48. The Morgan fingerprint density at radius 3 is 3.14 bits per heavy atom. The van der Waals surface area contributed by atoms with Crippen LogP contribution in [0.1, 0.15) is 30.4 Å². The molecule has 0 radical (unpaired) electrons. The van der Waals surface area contributed by atoms with Gasteiger partial charge in [0.1, 0.15) is 6.29 Å². The molecule has 74 valence electrons. The third-order valence-electron chi connectivity index (χ3n) is 2.88. The zero-order valence-corrected chi connectivity index (χ0v) is 8.42. The molecule has 1 aliphatic heterocycles. The monoisotopic (exact) mass is 189 g/mol. The van der Waals surface area contributed by atoms with Gasteiger partial charge < -0.3 is 10.1 Å². The quantitative estimate of drug-likeness (QED) is 0.723. The predicted molar refractivity (Wildman–Crippen MR) is 57.7 cm³/mol. The Kier molecular flexibility index (Phi) is 2.53. The van der Waals surface area contributed by atoms with E-state index in [4.69, 9.17) is 0 Å². The first-order chi connectivity index (χ1) is 6.86. The lowest BCUT2D eigenvalue weighted by molar-refractivity contribution is -0.109. The maximum absolute atomic E-state index is 10.9. The van der Waals surface area contributed by atoms with Gasteiger partial charge in [-0.15, -0.1) is 0 Å². The first kappa shape index (κ1) is 9.25. The van der Waals surface area contributed by atoms with Crippen molar-refractivity contribution in [1.82, 2.24) is 0 Å². The summed E-state index contributed by atoms with van der Waals surface area (Å²) in [5, 5.41) is 3.39. The van der Waals surface area contributed by atoms with Crippen molar-refractivity contribution < 1.29 is 4.79 Å². The highest BCUT2D eigenvalue weighted by Crippen LogP contribution is 2.32. The Morgan fingerprint density at radius 2 is 2.43 bits per heavy atom. The average molecular weight is 189 g/mol. The summed E-state index contributed by atoms with van der Waals surface area (Å²) in [5.74, 6) is 0.0951. The number of fused-ring (bicyclic) bond motifs is 1. The van der Waals surface area contributed by atoms with E-state index in [2.05, 4.69) is 24.4 Å². The molecule has 1 aromatic rings. The third-order valence-corrected chi connectivity index (χ3v) is 2.88. The normalized spacial score (nSPS) is 19.6. The summed E-state index contributed by atoms with van der Waals surface area (Å²) in [5.41, 5.74) is 3.68. The molecule has 0 amide bonds. The molecule has 1 aromatic carbocycles. The molecule has 2 nitrogen and oxygen atoms in total. The van der Waals surface area contributed by atoms with Gasteiger partial charge in [-0.2, -0.15) is 0 Å². The van der Waals surface area contributed by atoms with Gasteiger partial charge in [-0.1, -0.05) is 25.1 Å². The highest BCUT2D eigenvalue weighted by molar-refractivity contribution is 5.72. The molecular formula is C12H15NO. The summed E-state index contributed by atoms with van der Waals surface area (Å²) in [4.78, 5) is 10.9. The minimum Gasteiger partial charge on any atom is -0.385 e. The van der Waals surface area contributed by atoms with Gasteiger partial charge in [0.2, 0.25) is 0 Å². The lowest BCUT2D eigenvalue weighted by atomic mass is 9.89. The van der Waals surface area contributed by atoms with Gasteiger partial charge in [0, 0.05) is 18.2 Å². The van der Waals surface area contributed by atoms with E-state index < -0.39 is 0 Å². The Labute approximate surface area is 84.3 Å². The Hall–Kier alpha value is -1.31. The number of aryl methyl sites for hydroxylation is 1. The van der Waals surface area contributed by atoms with Gasteiger partial charge in [0.15, 0.2) is 0 Å². The summed E-state index contributed by atoms with van der Waals surface area (Å²) in [6, 6.07) is 6.22. The minimum absolute atomic E-state index is 0.0951. The van der Waals surface area contributed by atoms with Crippen LogP contribution in [-0.4, -0.2) is 12.8 Å². The number of hydrogen-bond donors (Lipinski definition) is 1. The molecule has 0 saturated carbocycles. The number of aldehydes is 1. The molecule has 1 heterocycles. The molecule has 0 aliphatic carbocycles. The van der Waals surface area contributed by atoms with Crippen molar-refractivity contribution in [3.63, 3.8) is 0 Å². The first-order valence-electron chi connectivity index (χ1n) is 5.17. The number of hydrogen-bond acceptors (Lipinski definition) is 2. The van der Waals surface area contributed by atoms with Crippen LogP contribution in [-0.2, 0) is 11.2 Å². The van der Waals surface area contributed by atoms with E-state index in [9.17, 15) is 4.79 Å². The zero-order valence-electron chi connectivity index (χ0n) is 8.42. The lowest BCUT2D eigenvalue weighted by Gasteiger charge is -2.25. The molecule has 1 aliphatic rings. The fourth-order valence-corrected chi connectivity index (χ4v) is 2.09. The van der Waals surface area contributed by atoms with E-state index in [1.165, 1.54) is 16.8 Å². The van der Waals surface area contributed by atoms with Crippen molar-refractivity contribution >= 4 is 12.0 Å². The molecule has 2 heteroatoms. The van der Waals surface area contributed by atoms with Crippen LogP contribution in [0, 0.1) is 0 Å². The second kappa shape index (κ2) is 3.82. The summed E-state index contributed by atoms with van der Waals surface area (Å²) >= 11 is 0. The fourth-order valence-electron chi connectivity index (χ4n) is 2.09. The molecule has 0 fully saturated rings. The van der Waals surface area contributed by atoms with E-state index in [1.54, 1.807) is 0 Å². The number of anilines is 1. The van der Waals surface area contributed by atoms with Gasteiger partial charge in [-0.05, 0) is 24.0 Å². The van der Waals surface area contributed by atoms with Crippen LogP contribution in [0.5, 0.6) is 0 Å². The zero-order chi connectivity index (χ0) is 9.97. The van der Waals surface area contributed by atoms with Crippen molar-refractivity contribution in [2.24, 2.45) is 0 Å². The Bertz CT molecular complexity index is 346. The largest absolute Gasteiger partial charge is 0.385 e. The van der Waals surface area contributed by atoms with E-state index in [-0.39, 0.29) is 5.92 Å². The van der Waals surface area contributed by atoms with Crippen molar-refractivity contribution in [1.29, 1.82) is 0 Å². The van der Waals surface area contributed by atoms with E-state index in [0.29, 0.717) is 0 Å². The maximum atomic E-state index is 10.9. The van der Waals surface area contributed by atoms with Gasteiger partial charge >= 0.3 is 0 Å². The van der Waals surface area contributed by atoms with Crippen LogP contribution in [0.15, 0.2) is 18.2 Å². The molecule has 2 rings (SSSR count). The summed E-state index contributed by atoms with van der Waals surface area (Å²) < 4.78 is 0. The van der Waals surface area contributed by atoms with Crippen LogP contribution in [0.3, 0.4) is 0 Å². The van der Waals surface area contributed by atoms with Crippen LogP contribution < -0.4 is 5.32 Å². The average Bonchev–Trinajstić information content (AvgIpc) is 2.27. The minimum atomic E-state index is 0.0951. The summed E-state index contributed by atoms with van der Waals surface area (Å²) in [6.07, 6.45) is 3.00. The standard InChI is InChI=1S/C12H15NO/c1-2-9-4-3-5-11-10(8-14)6-7-13-12(9)11/h3-5,8,10,13H,2,6-7H2,1H3. The summed E-state index contributed by atoms with van der Waals surface area (Å²) in [7, 11) is 0. The van der Waals surface area contributed by atoms with Crippen molar-refractivity contribution in [3.8, 4) is 0 Å². The smallest absolute Gasteiger partial charge is 0.127 e. The van der Waals surface area contributed by atoms with Crippen LogP contribution in [0.25, 0.3) is 0 Å². The van der Waals surface area contributed by atoms with Gasteiger partial charge in [-0.3, -0.25) is 0 Å². The highest BCUT2D eigenvalue weighted by Gasteiger charge is 2.20. The second-order valence-corrected chi connectivity index (χ2v) is 3.69. The molecule has 0 bridgehead atoms. The second-order valence-electron chi connectivity index (χ2n) is 3.69. The van der Waals surface area contributed by atoms with E-state index in [0.717, 1.165) is 25.7 Å². The topological polar surface area (TPSA) is 29.1 Å². The third kappa shape index (κ3) is 1.41. The van der Waals surface area contributed by atoms with E-state index >= 15 is 0 Å². The van der Waals surface area contributed by atoms with Crippen molar-refractivity contribution in [3.05, 3.63) is 29.3 Å². The molecule has 1 unspecified atom stereocenters. The van der Waals surface area contributed by atoms with Crippen LogP contribution >= 0.6 is 0 Å². The molecule has 1 N–H and O–H groups in total. The van der Waals surface area contributed by atoms with E-state index in [1.807, 2.05) is 6.07 Å². The number of carbonyl (C=O) groups excluding carboxylic acids is 1. The number of para-hydroxylation sites is 1. The van der Waals surface area contributed by atoms with Crippen LogP contribution in [0.4, 0.5) is 5.69 Å². The summed E-state index contributed by atoms with van der Waals surface area (Å²) in [6.45, 7) is 3.05. The molecule has 1 atom stereocenters. The van der Waals surface area contributed by atoms with Crippen molar-refractivity contribution in [2.75, 3.05) is 11.9 Å². The fraction of sp³-hybridized carbons (Fsp3) is 0.417. The molecule has 14 heavy (non-hydrogen) atoms. The number of rotatable bonds is 2. The molecular weight excluding hydrogens is 174 g/mol. The first-order valence-corrected chi connectivity index (χ1v) is 5.17. The van der Waals surface area contributed by atoms with Gasteiger partial charge in [0.25, 0.3) is 0 Å². The van der Waals surface area contributed by atoms with Crippen molar-refractivity contribution in [2.45, 2.75) is 25.7 Å². The number of nitrogens with one attached hydrogen (secondary N) is 1. The molecule has 0 aromatic heterocycles. The molecule has 0 saturated heterocycles. The SMILES string of the molecule is CCc1cccc2c1NCCC2C=O. The number of carbonyl (C=O) groups is 1. The maximum Gasteiger partial charge on any atom is 0.127 e. The lowest BCUT2D eigenvalue weighted by Crippen LogP contribution is -2.18.